The zero-order valence-corrected chi connectivity index (χ0v) is 9.33. The molecule has 1 aromatic rings. The second-order valence-corrected chi connectivity index (χ2v) is 4.95. The Bertz CT molecular complexity index is 430. The molecular formula is C12H17N3O. The van der Waals surface area contributed by atoms with Crippen LogP contribution in [0.2, 0.25) is 0 Å². The van der Waals surface area contributed by atoms with Gasteiger partial charge in [0.1, 0.15) is 5.82 Å². The maximum atomic E-state index is 11.6. The fourth-order valence-corrected chi connectivity index (χ4v) is 2.34. The summed E-state index contributed by atoms with van der Waals surface area (Å²) in [5, 5.41) is 3.31. The average Bonchev–Trinajstić information content (AvgIpc) is 2.90. The summed E-state index contributed by atoms with van der Waals surface area (Å²) in [4.78, 5) is 19.0. The van der Waals surface area contributed by atoms with Crippen LogP contribution in [0.15, 0.2) is 10.9 Å². The number of nitrogens with one attached hydrogen (secondary N) is 2. The average molecular weight is 219 g/mol. The first-order valence-electron chi connectivity index (χ1n) is 6.12. The van der Waals surface area contributed by atoms with Crippen LogP contribution in [0.3, 0.4) is 0 Å². The first kappa shape index (κ1) is 10.0. The van der Waals surface area contributed by atoms with Crippen LogP contribution in [0.4, 0.5) is 0 Å². The van der Waals surface area contributed by atoms with Gasteiger partial charge >= 0.3 is 0 Å². The molecule has 0 spiro atoms. The van der Waals surface area contributed by atoms with Gasteiger partial charge in [-0.05, 0) is 31.7 Å². The Morgan fingerprint density at radius 2 is 2.25 bits per heavy atom. The van der Waals surface area contributed by atoms with Crippen molar-refractivity contribution in [3.8, 4) is 0 Å². The topological polar surface area (TPSA) is 57.8 Å². The molecule has 4 nitrogen and oxygen atoms in total. The highest BCUT2D eigenvalue weighted by atomic mass is 16.1. The van der Waals surface area contributed by atoms with Crippen molar-refractivity contribution in [2.24, 2.45) is 5.92 Å². The Morgan fingerprint density at radius 1 is 1.38 bits per heavy atom. The molecule has 1 aliphatic carbocycles. The van der Waals surface area contributed by atoms with Crippen molar-refractivity contribution >= 4 is 0 Å². The van der Waals surface area contributed by atoms with Gasteiger partial charge in [-0.3, -0.25) is 4.79 Å². The third-order valence-corrected chi connectivity index (χ3v) is 3.47. The van der Waals surface area contributed by atoms with Gasteiger partial charge in [0, 0.05) is 24.9 Å². The summed E-state index contributed by atoms with van der Waals surface area (Å²) in [6.07, 6.45) is 4.63. The number of rotatable bonds is 3. The number of aromatic amines is 1. The van der Waals surface area contributed by atoms with E-state index in [2.05, 4.69) is 15.3 Å². The standard InChI is InChI=1S/C12H17N3O/c16-12-6-10(9-3-4-13-7-9)14-11(15-12)5-8-1-2-8/h6,8-9,13H,1-5,7H2,(H,14,15,16). The molecule has 3 rings (SSSR count). The Hall–Kier alpha value is -1.16. The summed E-state index contributed by atoms with van der Waals surface area (Å²) in [7, 11) is 0. The zero-order valence-electron chi connectivity index (χ0n) is 9.33. The lowest BCUT2D eigenvalue weighted by molar-refractivity contribution is 0.693. The third-order valence-electron chi connectivity index (χ3n) is 3.47. The largest absolute Gasteiger partial charge is 0.316 e. The van der Waals surface area contributed by atoms with Gasteiger partial charge in [-0.1, -0.05) is 0 Å². The predicted molar refractivity (Wildman–Crippen MR) is 61.5 cm³/mol. The number of nitrogens with zero attached hydrogens (tertiary/aromatic N) is 1. The molecule has 0 bridgehead atoms. The second-order valence-electron chi connectivity index (χ2n) is 4.95. The Morgan fingerprint density at radius 3 is 2.94 bits per heavy atom. The van der Waals surface area contributed by atoms with Gasteiger partial charge in [-0.25, -0.2) is 4.98 Å². The number of hydrogen-bond donors (Lipinski definition) is 2. The van der Waals surface area contributed by atoms with Crippen LogP contribution in [0, 0.1) is 5.92 Å². The molecular weight excluding hydrogens is 202 g/mol. The Labute approximate surface area is 94.5 Å². The molecule has 16 heavy (non-hydrogen) atoms. The van der Waals surface area contributed by atoms with Gasteiger partial charge in [0.15, 0.2) is 0 Å². The first-order valence-corrected chi connectivity index (χ1v) is 6.12. The van der Waals surface area contributed by atoms with Crippen LogP contribution < -0.4 is 10.9 Å². The van der Waals surface area contributed by atoms with Crippen molar-refractivity contribution in [2.45, 2.75) is 31.6 Å². The van der Waals surface area contributed by atoms with E-state index in [9.17, 15) is 4.79 Å². The van der Waals surface area contributed by atoms with E-state index in [0.29, 0.717) is 5.92 Å². The molecule has 2 N–H and O–H groups in total. The Balaban J connectivity index is 1.85. The van der Waals surface area contributed by atoms with Crippen molar-refractivity contribution in [3.05, 3.63) is 27.9 Å². The van der Waals surface area contributed by atoms with Gasteiger partial charge in [0.25, 0.3) is 5.56 Å². The van der Waals surface area contributed by atoms with Crippen molar-refractivity contribution in [1.29, 1.82) is 0 Å². The van der Waals surface area contributed by atoms with Crippen LogP contribution in [0.1, 0.15) is 36.7 Å². The van der Waals surface area contributed by atoms with E-state index >= 15 is 0 Å². The molecule has 1 aliphatic heterocycles. The Kier molecular flexibility index (Phi) is 2.52. The second kappa shape index (κ2) is 4.01. The lowest BCUT2D eigenvalue weighted by Gasteiger charge is -2.08. The smallest absolute Gasteiger partial charge is 0.251 e. The molecule has 4 heteroatoms. The molecule has 1 atom stereocenters. The summed E-state index contributed by atoms with van der Waals surface area (Å²) in [6.45, 7) is 2.00. The first-order chi connectivity index (χ1) is 7.81. The zero-order chi connectivity index (χ0) is 11.0. The van der Waals surface area contributed by atoms with E-state index in [1.165, 1.54) is 12.8 Å². The summed E-state index contributed by atoms with van der Waals surface area (Å²) < 4.78 is 0. The molecule has 2 heterocycles. The van der Waals surface area contributed by atoms with Crippen LogP contribution >= 0.6 is 0 Å². The van der Waals surface area contributed by atoms with Crippen molar-refractivity contribution < 1.29 is 0 Å². The van der Waals surface area contributed by atoms with E-state index in [-0.39, 0.29) is 5.56 Å². The molecule has 2 fully saturated rings. The monoisotopic (exact) mass is 219 g/mol. The van der Waals surface area contributed by atoms with Crippen LogP contribution in [0.5, 0.6) is 0 Å². The molecule has 1 unspecified atom stereocenters. The highest BCUT2D eigenvalue weighted by Gasteiger charge is 2.24. The van der Waals surface area contributed by atoms with Gasteiger partial charge < -0.3 is 10.3 Å². The van der Waals surface area contributed by atoms with Gasteiger partial charge in [0.05, 0.1) is 5.69 Å². The fourth-order valence-electron chi connectivity index (χ4n) is 2.34. The van der Waals surface area contributed by atoms with E-state index in [4.69, 9.17) is 0 Å². The fraction of sp³-hybridized carbons (Fsp3) is 0.667. The highest BCUT2D eigenvalue weighted by Crippen LogP contribution is 2.31. The molecule has 1 saturated heterocycles. The van der Waals surface area contributed by atoms with Crippen molar-refractivity contribution in [1.82, 2.24) is 15.3 Å². The van der Waals surface area contributed by atoms with Gasteiger partial charge in [0.2, 0.25) is 0 Å². The molecule has 2 aliphatic rings. The summed E-state index contributed by atoms with van der Waals surface area (Å²) >= 11 is 0. The molecule has 0 aromatic carbocycles. The SMILES string of the molecule is O=c1cc(C2CCNC2)nc(CC2CC2)[nH]1. The number of aromatic nitrogens is 2. The normalized spacial score (nSPS) is 24.9. The molecule has 0 radical (unpaired) electrons. The van der Waals surface area contributed by atoms with Crippen molar-refractivity contribution in [3.63, 3.8) is 0 Å². The minimum absolute atomic E-state index is 0.00699. The maximum Gasteiger partial charge on any atom is 0.251 e. The summed E-state index contributed by atoms with van der Waals surface area (Å²) in [5.74, 6) is 2.08. The lowest BCUT2D eigenvalue weighted by Crippen LogP contribution is -2.16. The van der Waals surface area contributed by atoms with E-state index in [0.717, 1.165) is 43.4 Å². The van der Waals surface area contributed by atoms with Gasteiger partial charge in [-0.15, -0.1) is 0 Å². The van der Waals surface area contributed by atoms with Crippen LogP contribution in [-0.2, 0) is 6.42 Å². The summed E-state index contributed by atoms with van der Waals surface area (Å²) in [5.41, 5.74) is 0.983. The maximum absolute atomic E-state index is 11.6. The minimum Gasteiger partial charge on any atom is -0.316 e. The minimum atomic E-state index is 0.00699. The molecule has 86 valence electrons. The number of hydrogen-bond acceptors (Lipinski definition) is 3. The number of H-pyrrole nitrogens is 1. The summed E-state index contributed by atoms with van der Waals surface area (Å²) in [6, 6.07) is 1.66. The van der Waals surface area contributed by atoms with E-state index in [1.807, 2.05) is 0 Å². The van der Waals surface area contributed by atoms with Crippen LogP contribution in [0.25, 0.3) is 0 Å². The van der Waals surface area contributed by atoms with E-state index in [1.54, 1.807) is 6.07 Å². The molecule has 0 amide bonds. The molecule has 1 aromatic heterocycles. The highest BCUT2D eigenvalue weighted by molar-refractivity contribution is 5.11. The quantitative estimate of drug-likeness (QED) is 0.790. The van der Waals surface area contributed by atoms with Crippen molar-refractivity contribution in [2.75, 3.05) is 13.1 Å². The third kappa shape index (κ3) is 2.16. The van der Waals surface area contributed by atoms with Gasteiger partial charge in [-0.2, -0.15) is 0 Å². The predicted octanol–water partition coefficient (Wildman–Crippen LogP) is 0.799. The van der Waals surface area contributed by atoms with Crippen LogP contribution in [-0.4, -0.2) is 23.1 Å². The lowest BCUT2D eigenvalue weighted by atomic mass is 10.0. The van der Waals surface area contributed by atoms with E-state index < -0.39 is 0 Å². The molecule has 1 saturated carbocycles.